The number of amides is 3. The zero-order valence-electron chi connectivity index (χ0n) is 19.8. The first-order valence-electron chi connectivity index (χ1n) is 12.0. The maximum Gasteiger partial charge on any atom is 0.235 e. The molecule has 4 aliphatic rings. The number of benzene rings is 3. The average Bonchev–Trinajstić information content (AvgIpc) is 3.11. The normalized spacial score (nSPS) is 27.5. The molecule has 3 aromatic carbocycles. The van der Waals surface area contributed by atoms with E-state index >= 15 is 0 Å². The van der Waals surface area contributed by atoms with E-state index in [2.05, 4.69) is 5.32 Å². The second kappa shape index (κ2) is 7.92. The number of nitrogens with one attached hydrogen (secondary N) is 1. The molecule has 0 aromatic heterocycles. The minimum Gasteiger partial charge on any atom is -0.326 e. The van der Waals surface area contributed by atoms with Crippen LogP contribution in [0.4, 0.5) is 5.69 Å². The number of aryl methyl sites for hydroxylation is 2. The molecule has 7 heteroatoms. The minimum absolute atomic E-state index is 0.0195. The molecule has 1 heterocycles. The van der Waals surface area contributed by atoms with Gasteiger partial charge in [0.1, 0.15) is 9.75 Å². The number of hydrogen-bond acceptors (Lipinski definition) is 3. The monoisotopic (exact) mass is 518 g/mol. The maximum absolute atomic E-state index is 13.8. The fourth-order valence-electron chi connectivity index (χ4n) is 6.43. The van der Waals surface area contributed by atoms with E-state index in [1.54, 1.807) is 0 Å². The van der Waals surface area contributed by atoms with Crippen molar-refractivity contribution in [1.82, 2.24) is 4.90 Å². The number of anilines is 1. The number of alkyl halides is 2. The molecule has 0 saturated carbocycles. The standard InChI is InChI=1S/C29H24Cl2N2O3/c1-16-13-17(2)15-18(14-16)32-23(34)11-12-33-26(35)24-25(27(33)36)29(31)20-8-4-3-7-19(20)28(24,30)21-9-5-6-10-22(21)29/h3-10,13-15,24-25H,11-12H2,1-2H3,(H,32,34)/t24-,25-,28?,29?/m0/s1. The molecule has 1 aliphatic heterocycles. The summed E-state index contributed by atoms with van der Waals surface area (Å²) in [6.45, 7) is 3.88. The van der Waals surface area contributed by atoms with Gasteiger partial charge in [-0.1, -0.05) is 54.6 Å². The first-order valence-corrected chi connectivity index (χ1v) is 12.7. The smallest absolute Gasteiger partial charge is 0.235 e. The van der Waals surface area contributed by atoms with Gasteiger partial charge >= 0.3 is 0 Å². The first kappa shape index (κ1) is 23.3. The predicted octanol–water partition coefficient (Wildman–Crippen LogP) is 5.23. The Hall–Kier alpha value is -3.15. The Kier molecular flexibility index (Phi) is 5.12. The lowest BCUT2D eigenvalue weighted by Crippen LogP contribution is -2.57. The lowest BCUT2D eigenvalue weighted by Gasteiger charge is -2.54. The molecular formula is C29H24Cl2N2O3. The highest BCUT2D eigenvalue weighted by atomic mass is 35.5. The van der Waals surface area contributed by atoms with Gasteiger partial charge in [0.25, 0.3) is 0 Å². The lowest BCUT2D eigenvalue weighted by molar-refractivity contribution is -0.140. The summed E-state index contributed by atoms with van der Waals surface area (Å²) in [4.78, 5) is 39.1. The van der Waals surface area contributed by atoms with Gasteiger partial charge in [-0.05, 0) is 59.4 Å². The van der Waals surface area contributed by atoms with Crippen molar-refractivity contribution >= 4 is 46.6 Å². The van der Waals surface area contributed by atoms with E-state index in [0.717, 1.165) is 33.4 Å². The number of imide groups is 1. The summed E-state index contributed by atoms with van der Waals surface area (Å²) in [5, 5.41) is 2.87. The SMILES string of the molecule is Cc1cc(C)cc(NC(=O)CCN2C(=O)[C@@H]3[C@@H](C2=O)C2(Cl)c4ccccc4C3(Cl)c3ccccc32)c1. The Morgan fingerprint density at radius 2 is 1.22 bits per heavy atom. The second-order valence-corrected chi connectivity index (χ2v) is 11.2. The van der Waals surface area contributed by atoms with Crippen molar-refractivity contribution in [1.29, 1.82) is 0 Å². The topological polar surface area (TPSA) is 66.5 Å². The zero-order chi connectivity index (χ0) is 25.4. The fraction of sp³-hybridized carbons (Fsp3) is 0.276. The molecule has 3 aromatic rings. The van der Waals surface area contributed by atoms with E-state index < -0.39 is 21.6 Å². The third kappa shape index (κ3) is 2.99. The molecule has 1 saturated heterocycles. The number of halogens is 2. The number of likely N-dealkylation sites (tertiary alicyclic amines) is 1. The molecule has 0 unspecified atom stereocenters. The summed E-state index contributed by atoms with van der Waals surface area (Å²) >= 11 is 14.8. The van der Waals surface area contributed by atoms with E-state index in [1.807, 2.05) is 80.6 Å². The summed E-state index contributed by atoms with van der Waals surface area (Å²) < 4.78 is 0. The quantitative estimate of drug-likeness (QED) is 0.380. The molecular weight excluding hydrogens is 495 g/mol. The van der Waals surface area contributed by atoms with Crippen molar-refractivity contribution in [2.45, 2.75) is 30.0 Å². The molecule has 1 fully saturated rings. The average molecular weight is 519 g/mol. The van der Waals surface area contributed by atoms with E-state index in [1.165, 1.54) is 4.90 Å². The zero-order valence-corrected chi connectivity index (χ0v) is 21.4. The summed E-state index contributed by atoms with van der Waals surface area (Å²) in [6.07, 6.45) is -0.0195. The van der Waals surface area contributed by atoms with E-state index in [0.29, 0.717) is 5.69 Å². The van der Waals surface area contributed by atoms with Crippen molar-refractivity contribution < 1.29 is 14.4 Å². The molecule has 1 N–H and O–H groups in total. The van der Waals surface area contributed by atoms with Crippen LogP contribution in [0, 0.1) is 25.7 Å². The summed E-state index contributed by atoms with van der Waals surface area (Å²) in [7, 11) is 0. The summed E-state index contributed by atoms with van der Waals surface area (Å²) in [6, 6.07) is 20.8. The van der Waals surface area contributed by atoms with Gasteiger partial charge in [-0.15, -0.1) is 23.2 Å². The summed E-state index contributed by atoms with van der Waals surface area (Å²) in [5.41, 5.74) is 5.81. The van der Waals surface area contributed by atoms with Crippen LogP contribution in [0.1, 0.15) is 39.8 Å². The van der Waals surface area contributed by atoms with Crippen molar-refractivity contribution in [3.8, 4) is 0 Å². The maximum atomic E-state index is 13.8. The van der Waals surface area contributed by atoms with Crippen LogP contribution < -0.4 is 5.32 Å². The first-order chi connectivity index (χ1) is 17.2. The van der Waals surface area contributed by atoms with Gasteiger partial charge in [0, 0.05) is 18.7 Å². The van der Waals surface area contributed by atoms with E-state index in [-0.39, 0.29) is 30.7 Å². The molecule has 2 atom stereocenters. The molecule has 182 valence electrons. The van der Waals surface area contributed by atoms with Crippen LogP contribution in [0.25, 0.3) is 0 Å². The molecule has 2 bridgehead atoms. The van der Waals surface area contributed by atoms with E-state index in [4.69, 9.17) is 23.2 Å². The van der Waals surface area contributed by atoms with Gasteiger partial charge in [-0.2, -0.15) is 0 Å². The molecule has 5 nitrogen and oxygen atoms in total. The Balaban J connectivity index is 1.33. The van der Waals surface area contributed by atoms with Crippen molar-refractivity contribution in [3.63, 3.8) is 0 Å². The Morgan fingerprint density at radius 3 is 1.64 bits per heavy atom. The number of hydrogen-bond donors (Lipinski definition) is 1. The number of nitrogens with zero attached hydrogens (tertiary/aromatic N) is 1. The van der Waals surface area contributed by atoms with Crippen LogP contribution in [0.15, 0.2) is 66.7 Å². The van der Waals surface area contributed by atoms with Crippen LogP contribution in [-0.2, 0) is 24.1 Å². The highest BCUT2D eigenvalue weighted by Gasteiger charge is 2.72. The molecule has 0 spiro atoms. The number of carbonyl (C=O) groups excluding carboxylic acids is 3. The summed E-state index contributed by atoms with van der Waals surface area (Å²) in [5.74, 6) is -2.74. The molecule has 3 amide bonds. The van der Waals surface area contributed by atoms with Gasteiger partial charge in [0.05, 0.1) is 11.8 Å². The van der Waals surface area contributed by atoms with Gasteiger partial charge in [0.15, 0.2) is 0 Å². The highest BCUT2D eigenvalue weighted by molar-refractivity contribution is 6.36. The second-order valence-electron chi connectivity index (χ2n) is 9.97. The van der Waals surface area contributed by atoms with Crippen molar-refractivity contribution in [3.05, 3.63) is 100 Å². The minimum atomic E-state index is -1.21. The van der Waals surface area contributed by atoms with Crippen LogP contribution in [0.2, 0.25) is 0 Å². The molecule has 0 radical (unpaired) electrons. The van der Waals surface area contributed by atoms with Gasteiger partial charge < -0.3 is 5.32 Å². The van der Waals surface area contributed by atoms with Crippen LogP contribution in [0.5, 0.6) is 0 Å². The lowest BCUT2D eigenvalue weighted by atomic mass is 9.54. The Labute approximate surface area is 219 Å². The van der Waals surface area contributed by atoms with Gasteiger partial charge in [-0.25, -0.2) is 0 Å². The largest absolute Gasteiger partial charge is 0.326 e. The van der Waals surface area contributed by atoms with Crippen LogP contribution in [-0.4, -0.2) is 29.2 Å². The Morgan fingerprint density at radius 1 is 0.806 bits per heavy atom. The van der Waals surface area contributed by atoms with Crippen molar-refractivity contribution in [2.24, 2.45) is 11.8 Å². The predicted molar refractivity (Wildman–Crippen MR) is 139 cm³/mol. The van der Waals surface area contributed by atoms with Gasteiger partial charge in [0.2, 0.25) is 17.7 Å². The van der Waals surface area contributed by atoms with Gasteiger partial charge in [-0.3, -0.25) is 19.3 Å². The van der Waals surface area contributed by atoms with E-state index in [9.17, 15) is 14.4 Å². The molecule has 3 aliphatic carbocycles. The fourth-order valence-corrected chi connectivity index (χ4v) is 7.53. The molecule has 36 heavy (non-hydrogen) atoms. The third-order valence-corrected chi connectivity index (χ3v) is 9.03. The third-order valence-electron chi connectivity index (χ3n) is 7.74. The highest BCUT2D eigenvalue weighted by Crippen LogP contribution is 2.69. The Bertz CT molecular complexity index is 1320. The number of carbonyl (C=O) groups is 3. The van der Waals surface area contributed by atoms with Crippen molar-refractivity contribution in [2.75, 3.05) is 11.9 Å². The molecule has 7 rings (SSSR count). The van der Waals surface area contributed by atoms with Crippen LogP contribution in [0.3, 0.4) is 0 Å². The van der Waals surface area contributed by atoms with Crippen LogP contribution >= 0.6 is 23.2 Å². The number of rotatable bonds is 4.